The number of aliphatic hydroxyl groups is 1. The topological polar surface area (TPSA) is 87.2 Å². The molecule has 0 unspecified atom stereocenters. The summed E-state index contributed by atoms with van der Waals surface area (Å²) in [6.07, 6.45) is 4.24. The lowest BCUT2D eigenvalue weighted by Crippen LogP contribution is -2.35. The van der Waals surface area contributed by atoms with Crippen molar-refractivity contribution in [2.75, 3.05) is 30.3 Å². The predicted octanol–water partition coefficient (Wildman–Crippen LogP) is 2.06. The summed E-state index contributed by atoms with van der Waals surface area (Å²) in [5.74, 6) is 2.13. The number of nitriles is 1. The normalized spacial score (nSPS) is 22.9. The molecule has 2 aliphatic heterocycles. The number of hydrogen-bond acceptors (Lipinski definition) is 7. The van der Waals surface area contributed by atoms with Crippen molar-refractivity contribution in [2.45, 2.75) is 62.9 Å². The Balaban J connectivity index is 1.73. The molecule has 138 valence electrons. The molecule has 1 N–H and O–H groups in total. The van der Waals surface area contributed by atoms with Gasteiger partial charge in [0.2, 0.25) is 5.95 Å². The zero-order valence-electron chi connectivity index (χ0n) is 14.8. The minimum Gasteiger partial charge on any atom is -0.391 e. The Hall–Kier alpha value is -1.30. The average molecular weight is 366 g/mol. The van der Waals surface area contributed by atoms with E-state index in [2.05, 4.69) is 26.6 Å². The van der Waals surface area contributed by atoms with Gasteiger partial charge in [0.1, 0.15) is 0 Å². The number of nitrogens with zero attached hydrogens (tertiary/aromatic N) is 5. The van der Waals surface area contributed by atoms with Crippen LogP contribution in [0.15, 0.2) is 5.16 Å². The summed E-state index contributed by atoms with van der Waals surface area (Å²) in [6.45, 7) is 5.89. The van der Waals surface area contributed by atoms with Crippen molar-refractivity contribution in [3.63, 3.8) is 0 Å². The van der Waals surface area contributed by atoms with Crippen molar-refractivity contribution in [1.29, 1.82) is 5.26 Å². The highest BCUT2D eigenvalue weighted by Gasteiger charge is 2.26. The van der Waals surface area contributed by atoms with Crippen LogP contribution in [0, 0.1) is 17.2 Å². The minimum atomic E-state index is -0.637. The molecule has 3 rings (SSSR count). The molecule has 0 aliphatic carbocycles. The van der Waals surface area contributed by atoms with E-state index in [1.807, 2.05) is 6.07 Å². The molecule has 0 bridgehead atoms. The van der Waals surface area contributed by atoms with Gasteiger partial charge in [-0.15, -0.1) is 10.2 Å². The van der Waals surface area contributed by atoms with Crippen LogP contribution >= 0.6 is 11.8 Å². The molecule has 2 atom stereocenters. The van der Waals surface area contributed by atoms with E-state index < -0.39 is 6.10 Å². The highest BCUT2D eigenvalue weighted by atomic mass is 32.2. The van der Waals surface area contributed by atoms with Crippen LogP contribution in [0.4, 0.5) is 5.95 Å². The quantitative estimate of drug-likeness (QED) is 0.740. The van der Waals surface area contributed by atoms with Crippen LogP contribution in [0.25, 0.3) is 0 Å². The lowest BCUT2D eigenvalue weighted by molar-refractivity contribution is 0.0951. The summed E-state index contributed by atoms with van der Waals surface area (Å²) in [5, 5.41) is 28.2. The maximum absolute atomic E-state index is 9.83. The van der Waals surface area contributed by atoms with Crippen LogP contribution in [0.1, 0.15) is 39.0 Å². The third kappa shape index (κ3) is 4.87. The Bertz CT molecular complexity index is 588. The van der Waals surface area contributed by atoms with Gasteiger partial charge in [-0.2, -0.15) is 5.26 Å². The van der Waals surface area contributed by atoms with E-state index in [-0.39, 0.29) is 12.5 Å². The van der Waals surface area contributed by atoms with E-state index in [0.717, 1.165) is 56.1 Å². The second kappa shape index (κ2) is 8.88. The van der Waals surface area contributed by atoms with Crippen molar-refractivity contribution in [3.8, 4) is 6.07 Å². The van der Waals surface area contributed by atoms with Gasteiger partial charge in [-0.3, -0.25) is 4.57 Å². The van der Waals surface area contributed by atoms with Crippen molar-refractivity contribution in [2.24, 2.45) is 5.92 Å². The fraction of sp³-hybridized carbons (Fsp3) is 0.824. The molecule has 3 heterocycles. The Labute approximate surface area is 153 Å². The molecule has 7 nitrogen and oxygen atoms in total. The van der Waals surface area contributed by atoms with Crippen LogP contribution in [0.5, 0.6) is 0 Å². The van der Waals surface area contributed by atoms with Crippen LogP contribution in [0.2, 0.25) is 0 Å². The summed E-state index contributed by atoms with van der Waals surface area (Å²) in [5.41, 5.74) is 0. The first-order chi connectivity index (χ1) is 12.2. The second-order valence-electron chi connectivity index (χ2n) is 7.02. The van der Waals surface area contributed by atoms with E-state index >= 15 is 0 Å². The molecule has 2 aliphatic rings. The molecular formula is C17H27N5O2S. The molecule has 2 saturated heterocycles. The van der Waals surface area contributed by atoms with Crippen LogP contribution in [0.3, 0.4) is 0 Å². The van der Waals surface area contributed by atoms with Gasteiger partial charge < -0.3 is 14.7 Å². The van der Waals surface area contributed by atoms with Crippen molar-refractivity contribution in [3.05, 3.63) is 0 Å². The summed E-state index contributed by atoms with van der Waals surface area (Å²) >= 11 is 1.47. The summed E-state index contributed by atoms with van der Waals surface area (Å²) in [7, 11) is 0. The number of aliphatic hydroxyl groups excluding tert-OH is 1. The van der Waals surface area contributed by atoms with Crippen molar-refractivity contribution >= 4 is 17.7 Å². The van der Waals surface area contributed by atoms with Gasteiger partial charge in [-0.1, -0.05) is 18.7 Å². The van der Waals surface area contributed by atoms with Gasteiger partial charge in [0.05, 0.1) is 31.2 Å². The fourth-order valence-corrected chi connectivity index (χ4v) is 4.19. The van der Waals surface area contributed by atoms with Crippen molar-refractivity contribution < 1.29 is 9.84 Å². The molecule has 0 radical (unpaired) electrons. The maximum atomic E-state index is 9.83. The third-order valence-corrected chi connectivity index (χ3v) is 6.02. The van der Waals surface area contributed by atoms with E-state index in [0.29, 0.717) is 5.75 Å². The van der Waals surface area contributed by atoms with Gasteiger partial charge in [0, 0.05) is 25.4 Å². The number of anilines is 1. The Morgan fingerprint density at radius 2 is 2.16 bits per heavy atom. The highest BCUT2D eigenvalue weighted by molar-refractivity contribution is 7.99. The van der Waals surface area contributed by atoms with Crippen molar-refractivity contribution in [1.82, 2.24) is 14.8 Å². The first-order valence-electron chi connectivity index (χ1n) is 9.15. The number of rotatable bonds is 7. The van der Waals surface area contributed by atoms with Crippen LogP contribution < -0.4 is 4.90 Å². The zero-order chi connectivity index (χ0) is 17.6. The van der Waals surface area contributed by atoms with Gasteiger partial charge in [0.25, 0.3) is 0 Å². The molecule has 8 heteroatoms. The molecule has 25 heavy (non-hydrogen) atoms. The van der Waals surface area contributed by atoms with Crippen LogP contribution in [-0.4, -0.2) is 57.5 Å². The van der Waals surface area contributed by atoms with Gasteiger partial charge in [-0.05, 0) is 31.6 Å². The lowest BCUT2D eigenvalue weighted by atomic mass is 10.00. The predicted molar refractivity (Wildman–Crippen MR) is 96.6 cm³/mol. The minimum absolute atomic E-state index is 0.143. The third-order valence-electron chi connectivity index (χ3n) is 4.91. The molecule has 0 spiro atoms. The molecule has 0 aromatic carbocycles. The molecule has 2 fully saturated rings. The number of thioether (sulfide) groups is 1. The largest absolute Gasteiger partial charge is 0.391 e. The number of hydrogen-bond donors (Lipinski definition) is 1. The van der Waals surface area contributed by atoms with Gasteiger partial charge >= 0.3 is 0 Å². The average Bonchev–Trinajstić information content (AvgIpc) is 3.25. The Morgan fingerprint density at radius 3 is 2.84 bits per heavy atom. The maximum Gasteiger partial charge on any atom is 0.228 e. The zero-order valence-corrected chi connectivity index (χ0v) is 15.6. The highest BCUT2D eigenvalue weighted by Crippen LogP contribution is 2.28. The second-order valence-corrected chi connectivity index (χ2v) is 8.01. The summed E-state index contributed by atoms with van der Waals surface area (Å²) < 4.78 is 7.96. The van der Waals surface area contributed by atoms with Crippen LogP contribution in [-0.2, 0) is 11.3 Å². The molecule has 1 aromatic rings. The number of aromatic nitrogens is 3. The number of ether oxygens (including phenoxy) is 1. The van der Waals surface area contributed by atoms with E-state index in [1.54, 1.807) is 0 Å². The lowest BCUT2D eigenvalue weighted by Gasteiger charge is -2.31. The first kappa shape index (κ1) is 18.5. The first-order valence-corrected chi connectivity index (χ1v) is 10.1. The summed E-state index contributed by atoms with van der Waals surface area (Å²) in [6, 6.07) is 2.00. The van der Waals surface area contributed by atoms with Gasteiger partial charge in [-0.25, -0.2) is 0 Å². The SMILES string of the molecule is CC1CCN(c2nnc(SC[C@H](O)CC#N)n2C[C@H]2CCCO2)CC1. The van der Waals surface area contributed by atoms with E-state index in [4.69, 9.17) is 10.00 Å². The van der Waals surface area contributed by atoms with Gasteiger partial charge in [0.15, 0.2) is 5.16 Å². The Morgan fingerprint density at radius 1 is 1.36 bits per heavy atom. The molecule has 0 amide bonds. The molecular weight excluding hydrogens is 338 g/mol. The monoisotopic (exact) mass is 365 g/mol. The molecule has 0 saturated carbocycles. The number of piperidine rings is 1. The van der Waals surface area contributed by atoms with E-state index in [9.17, 15) is 5.11 Å². The fourth-order valence-electron chi connectivity index (χ4n) is 3.32. The Kier molecular flexibility index (Phi) is 6.57. The standard InChI is InChI=1S/C17H27N5O2S/c1-13-5-8-21(9-6-13)16-19-20-17(25-12-14(23)4-7-18)22(16)11-15-3-2-10-24-15/h13-15,23H,2-6,8-12H2,1H3/t14-,15-/m1/s1. The summed E-state index contributed by atoms with van der Waals surface area (Å²) in [4.78, 5) is 2.32. The molecule has 1 aromatic heterocycles. The van der Waals surface area contributed by atoms with E-state index in [1.165, 1.54) is 24.6 Å². The smallest absolute Gasteiger partial charge is 0.228 e.